The van der Waals surface area contributed by atoms with Gasteiger partial charge in [0.1, 0.15) is 5.54 Å². The maximum atomic E-state index is 11.8. The zero-order valence-electron chi connectivity index (χ0n) is 9.57. The van der Waals surface area contributed by atoms with Crippen molar-refractivity contribution in [3.05, 3.63) is 35.9 Å². The molecule has 0 aromatic heterocycles. The van der Waals surface area contributed by atoms with Gasteiger partial charge in [-0.25, -0.2) is 0 Å². The maximum Gasteiger partial charge on any atom is 0.242 e. The Labute approximate surface area is 96.0 Å². The molecule has 0 bridgehead atoms. The molecule has 86 valence electrons. The lowest BCUT2D eigenvalue weighted by molar-refractivity contribution is -0.125. The van der Waals surface area contributed by atoms with Gasteiger partial charge in [-0.3, -0.25) is 10.1 Å². The molecule has 1 atom stereocenters. The maximum absolute atomic E-state index is 11.8. The molecule has 16 heavy (non-hydrogen) atoms. The predicted molar refractivity (Wildman–Crippen MR) is 63.8 cm³/mol. The van der Waals surface area contributed by atoms with Crippen molar-refractivity contribution >= 4 is 5.91 Å². The summed E-state index contributed by atoms with van der Waals surface area (Å²) in [4.78, 5) is 11.8. The van der Waals surface area contributed by atoms with E-state index >= 15 is 0 Å². The average molecular weight is 218 g/mol. The summed E-state index contributed by atoms with van der Waals surface area (Å²) in [6.07, 6.45) is 2.96. The highest BCUT2D eigenvalue weighted by Crippen LogP contribution is 2.30. The molecule has 0 aliphatic heterocycles. The van der Waals surface area contributed by atoms with Crippen LogP contribution in [0.15, 0.2) is 30.3 Å². The van der Waals surface area contributed by atoms with Crippen molar-refractivity contribution in [1.82, 2.24) is 5.32 Å². The van der Waals surface area contributed by atoms with Crippen molar-refractivity contribution in [3.63, 3.8) is 0 Å². The first-order valence-electron chi connectivity index (χ1n) is 5.82. The normalized spacial score (nSPS) is 19.1. The molecule has 0 saturated heterocycles. The number of carbonyl (C=O) groups excluding carboxylic acids is 1. The Balaban J connectivity index is 2.35. The highest BCUT2D eigenvalue weighted by Gasteiger charge is 2.40. The van der Waals surface area contributed by atoms with Crippen molar-refractivity contribution < 1.29 is 4.79 Å². The van der Waals surface area contributed by atoms with Crippen LogP contribution in [0.2, 0.25) is 0 Å². The molecule has 0 spiro atoms. The third-order valence-electron chi connectivity index (χ3n) is 3.25. The van der Waals surface area contributed by atoms with Gasteiger partial charge in [0, 0.05) is 6.04 Å². The van der Waals surface area contributed by atoms with Gasteiger partial charge in [0.15, 0.2) is 0 Å². The van der Waals surface area contributed by atoms with Gasteiger partial charge in [0.05, 0.1) is 0 Å². The number of hydrogen-bond donors (Lipinski definition) is 2. The molecule has 1 aliphatic carbocycles. The number of rotatable bonds is 5. The standard InChI is InChI=1S/C13H18N2O/c1-2-13(12(14)16,15-11-8-9-11)10-6-4-3-5-7-10/h3-7,11,15H,2,8-9H2,1H3,(H2,14,16). The Morgan fingerprint density at radius 2 is 2.06 bits per heavy atom. The highest BCUT2D eigenvalue weighted by atomic mass is 16.1. The number of carbonyl (C=O) groups is 1. The number of nitrogens with one attached hydrogen (secondary N) is 1. The third kappa shape index (κ3) is 1.95. The lowest BCUT2D eigenvalue weighted by Crippen LogP contribution is -2.53. The van der Waals surface area contributed by atoms with Gasteiger partial charge in [0.25, 0.3) is 0 Å². The topological polar surface area (TPSA) is 55.1 Å². The first-order chi connectivity index (χ1) is 7.69. The van der Waals surface area contributed by atoms with Gasteiger partial charge in [0.2, 0.25) is 5.91 Å². The molecule has 3 nitrogen and oxygen atoms in total. The summed E-state index contributed by atoms with van der Waals surface area (Å²) in [6.45, 7) is 1.99. The van der Waals surface area contributed by atoms with E-state index in [1.165, 1.54) is 0 Å². The number of nitrogens with two attached hydrogens (primary N) is 1. The van der Waals surface area contributed by atoms with Crippen LogP contribution < -0.4 is 11.1 Å². The molecule has 1 amide bonds. The quantitative estimate of drug-likeness (QED) is 0.787. The van der Waals surface area contributed by atoms with Crippen LogP contribution in [-0.4, -0.2) is 11.9 Å². The monoisotopic (exact) mass is 218 g/mol. The summed E-state index contributed by atoms with van der Waals surface area (Å²) >= 11 is 0. The molecule has 1 unspecified atom stereocenters. The van der Waals surface area contributed by atoms with E-state index in [0.717, 1.165) is 18.4 Å². The minimum atomic E-state index is -0.692. The molecule has 3 heteroatoms. The Hall–Kier alpha value is -1.35. The lowest BCUT2D eigenvalue weighted by Gasteiger charge is -2.31. The van der Waals surface area contributed by atoms with Crippen LogP contribution in [0.25, 0.3) is 0 Å². The van der Waals surface area contributed by atoms with Crippen LogP contribution in [0.5, 0.6) is 0 Å². The van der Waals surface area contributed by atoms with E-state index in [9.17, 15) is 4.79 Å². The summed E-state index contributed by atoms with van der Waals surface area (Å²) in [5.41, 5.74) is 5.87. The molecule has 1 aromatic rings. The predicted octanol–water partition coefficient (Wildman–Crippen LogP) is 1.53. The van der Waals surface area contributed by atoms with E-state index in [0.29, 0.717) is 12.5 Å². The Morgan fingerprint density at radius 1 is 1.44 bits per heavy atom. The number of benzene rings is 1. The second kappa shape index (κ2) is 4.26. The smallest absolute Gasteiger partial charge is 0.242 e. The summed E-state index contributed by atoms with van der Waals surface area (Å²) < 4.78 is 0. The largest absolute Gasteiger partial charge is 0.368 e. The molecule has 1 aromatic carbocycles. The Kier molecular flexibility index (Phi) is 2.97. The Bertz CT molecular complexity index is 373. The zero-order valence-corrected chi connectivity index (χ0v) is 9.57. The molecule has 1 saturated carbocycles. The molecule has 1 fully saturated rings. The zero-order chi connectivity index (χ0) is 11.6. The SMILES string of the molecule is CCC(NC1CC1)(C(N)=O)c1ccccc1. The van der Waals surface area contributed by atoms with Crippen molar-refractivity contribution in [2.24, 2.45) is 5.73 Å². The summed E-state index contributed by atoms with van der Waals surface area (Å²) in [7, 11) is 0. The van der Waals surface area contributed by atoms with Crippen molar-refractivity contribution in [2.45, 2.75) is 37.8 Å². The van der Waals surface area contributed by atoms with E-state index in [2.05, 4.69) is 5.32 Å². The first-order valence-corrected chi connectivity index (χ1v) is 5.82. The number of hydrogen-bond acceptors (Lipinski definition) is 2. The fourth-order valence-corrected chi connectivity index (χ4v) is 2.08. The van der Waals surface area contributed by atoms with E-state index in [-0.39, 0.29) is 5.91 Å². The third-order valence-corrected chi connectivity index (χ3v) is 3.25. The molecule has 2 rings (SSSR count). The van der Waals surface area contributed by atoms with Crippen molar-refractivity contribution in [1.29, 1.82) is 0 Å². The van der Waals surface area contributed by atoms with Crippen LogP contribution >= 0.6 is 0 Å². The van der Waals surface area contributed by atoms with Crippen LogP contribution in [0, 0.1) is 0 Å². The van der Waals surface area contributed by atoms with Crippen LogP contribution in [0.1, 0.15) is 31.7 Å². The summed E-state index contributed by atoms with van der Waals surface area (Å²) in [6, 6.07) is 10.2. The van der Waals surface area contributed by atoms with Gasteiger partial charge in [-0.2, -0.15) is 0 Å². The minimum Gasteiger partial charge on any atom is -0.368 e. The Morgan fingerprint density at radius 3 is 2.50 bits per heavy atom. The van der Waals surface area contributed by atoms with E-state index in [1.807, 2.05) is 37.3 Å². The molecule has 0 radical (unpaired) electrons. The molecule has 0 heterocycles. The fraction of sp³-hybridized carbons (Fsp3) is 0.462. The van der Waals surface area contributed by atoms with E-state index < -0.39 is 5.54 Å². The molecular weight excluding hydrogens is 200 g/mol. The summed E-state index contributed by atoms with van der Waals surface area (Å²) in [5, 5.41) is 3.40. The minimum absolute atomic E-state index is 0.284. The van der Waals surface area contributed by atoms with Crippen LogP contribution in [0.3, 0.4) is 0 Å². The van der Waals surface area contributed by atoms with Crippen molar-refractivity contribution in [2.75, 3.05) is 0 Å². The van der Waals surface area contributed by atoms with Crippen LogP contribution in [0.4, 0.5) is 0 Å². The van der Waals surface area contributed by atoms with E-state index in [4.69, 9.17) is 5.73 Å². The fourth-order valence-electron chi connectivity index (χ4n) is 2.08. The number of amides is 1. The van der Waals surface area contributed by atoms with Gasteiger partial charge in [-0.1, -0.05) is 37.3 Å². The first kappa shape index (κ1) is 11.1. The van der Waals surface area contributed by atoms with Gasteiger partial charge >= 0.3 is 0 Å². The van der Waals surface area contributed by atoms with Gasteiger partial charge in [-0.15, -0.1) is 0 Å². The number of primary amides is 1. The second-order valence-electron chi connectivity index (χ2n) is 4.41. The lowest BCUT2D eigenvalue weighted by atomic mass is 9.86. The van der Waals surface area contributed by atoms with Crippen LogP contribution in [-0.2, 0) is 10.3 Å². The highest BCUT2D eigenvalue weighted by molar-refractivity contribution is 5.86. The molecule has 1 aliphatic rings. The molecule has 3 N–H and O–H groups in total. The van der Waals surface area contributed by atoms with Gasteiger partial charge in [-0.05, 0) is 24.8 Å². The van der Waals surface area contributed by atoms with Crippen molar-refractivity contribution in [3.8, 4) is 0 Å². The summed E-state index contributed by atoms with van der Waals surface area (Å²) in [5.74, 6) is -0.284. The second-order valence-corrected chi connectivity index (χ2v) is 4.41. The van der Waals surface area contributed by atoms with Gasteiger partial charge < -0.3 is 5.73 Å². The molecular formula is C13H18N2O. The van der Waals surface area contributed by atoms with E-state index in [1.54, 1.807) is 0 Å². The average Bonchev–Trinajstić information content (AvgIpc) is 3.10.